The van der Waals surface area contributed by atoms with Gasteiger partial charge in [-0.15, -0.1) is 0 Å². The number of aliphatic hydroxyl groups excluding tert-OH is 1. The number of fused-ring (bicyclic) bond motifs is 2. The van der Waals surface area contributed by atoms with Gasteiger partial charge in [0.25, 0.3) is 5.91 Å². The molecule has 0 aromatic heterocycles. The summed E-state index contributed by atoms with van der Waals surface area (Å²) in [7, 11) is 4.55. The molecule has 0 aliphatic carbocycles. The molecule has 0 fully saturated rings. The second kappa shape index (κ2) is 14.9. The Kier molecular flexibility index (Phi) is 12.3. The molecule has 10 heteroatoms. The number of methoxy groups -OCH3 is 3. The molecule has 2 rings (SSSR count). The Morgan fingerprint density at radius 3 is 2.36 bits per heavy atom. The number of carbonyl (C=O) groups excluding carboxylic acids is 2. The highest BCUT2D eigenvalue weighted by Gasteiger charge is 2.30. The van der Waals surface area contributed by atoms with Gasteiger partial charge in [-0.2, -0.15) is 0 Å². The summed E-state index contributed by atoms with van der Waals surface area (Å²) in [6.45, 7) is 7.38. The average molecular weight is 549 g/mol. The number of anilines is 1. The third-order valence-electron chi connectivity index (χ3n) is 7.15. The lowest BCUT2D eigenvalue weighted by molar-refractivity contribution is -0.112. The number of hydrogen-bond acceptors (Lipinski definition) is 8. The maximum absolute atomic E-state index is 12.9. The lowest BCUT2D eigenvalue weighted by Crippen LogP contribution is -2.37. The van der Waals surface area contributed by atoms with E-state index in [1.165, 1.54) is 20.3 Å². The molecule has 1 aliphatic heterocycles. The Labute approximate surface area is 231 Å². The number of nitrogens with one attached hydrogen (secondary N) is 1. The zero-order chi connectivity index (χ0) is 29.3. The van der Waals surface area contributed by atoms with Crippen LogP contribution < -0.4 is 15.8 Å². The minimum Gasteiger partial charge on any atom is -0.504 e. The summed E-state index contributed by atoms with van der Waals surface area (Å²) in [6.07, 6.45) is 1.95. The van der Waals surface area contributed by atoms with Gasteiger partial charge in [-0.1, -0.05) is 26.0 Å². The summed E-state index contributed by atoms with van der Waals surface area (Å²) < 4.78 is 22.2. The van der Waals surface area contributed by atoms with E-state index in [0.29, 0.717) is 48.3 Å². The standard InChI is InChI=1S/C29H44N2O8/c1-16-11-20-14-21(15-22(32)27(20)38-7)31-28(34)17(2)9-8-10-23(36-5)26(39-29(30)35)19(4)13-18(3)25(33)24(12-16)37-6/h9,13-16,18,23-26,32-33H,8,10-12H2,1-7H3,(H2,30,35)(H,31,34)/b17-9+,19-13+. The molecule has 2 bridgehead atoms. The number of ether oxygens (including phenoxy) is 4. The largest absolute Gasteiger partial charge is 0.504 e. The van der Waals surface area contributed by atoms with Gasteiger partial charge in [-0.3, -0.25) is 4.79 Å². The number of benzene rings is 1. The predicted octanol–water partition coefficient (Wildman–Crippen LogP) is 4.09. The Morgan fingerprint density at radius 1 is 1.10 bits per heavy atom. The lowest BCUT2D eigenvalue weighted by Gasteiger charge is -2.30. The number of nitrogens with two attached hydrogens (primary N) is 1. The molecule has 0 radical (unpaired) electrons. The molecule has 0 saturated heterocycles. The number of aliphatic hydroxyl groups is 1. The highest BCUT2D eigenvalue weighted by Crippen LogP contribution is 2.36. The van der Waals surface area contributed by atoms with E-state index in [1.807, 2.05) is 19.9 Å². The van der Waals surface area contributed by atoms with Crippen molar-refractivity contribution in [1.82, 2.24) is 0 Å². The van der Waals surface area contributed by atoms with Crippen molar-refractivity contribution in [2.45, 2.75) is 77.8 Å². The van der Waals surface area contributed by atoms with Gasteiger partial charge in [-0.25, -0.2) is 4.79 Å². The number of aromatic hydroxyl groups is 1. The SMILES string of the molecule is COc1c(O)cc2cc1CC(C)CC(OC)C(O)C(C)/C=C(\C)C(OC(N)=O)C(OC)CC/C=C(\C)C(=O)N2. The fourth-order valence-corrected chi connectivity index (χ4v) is 5.08. The molecule has 6 unspecified atom stereocenters. The van der Waals surface area contributed by atoms with Crippen molar-refractivity contribution in [1.29, 1.82) is 0 Å². The van der Waals surface area contributed by atoms with Gasteiger partial charge >= 0.3 is 6.09 Å². The minimum absolute atomic E-state index is 0.0219. The van der Waals surface area contributed by atoms with E-state index in [9.17, 15) is 19.8 Å². The van der Waals surface area contributed by atoms with Gasteiger partial charge in [0.15, 0.2) is 17.6 Å². The van der Waals surface area contributed by atoms with Crippen molar-refractivity contribution >= 4 is 17.7 Å². The first kappa shape index (κ1) is 32.1. The van der Waals surface area contributed by atoms with Crippen LogP contribution in [0.15, 0.2) is 35.4 Å². The Hall–Kier alpha value is -3.08. The van der Waals surface area contributed by atoms with Crippen LogP contribution in [0, 0.1) is 11.8 Å². The second-order valence-corrected chi connectivity index (χ2v) is 10.3. The lowest BCUT2D eigenvalue weighted by atomic mass is 9.88. The average Bonchev–Trinajstić information content (AvgIpc) is 2.87. The fourth-order valence-electron chi connectivity index (χ4n) is 5.08. The maximum Gasteiger partial charge on any atom is 0.405 e. The summed E-state index contributed by atoms with van der Waals surface area (Å²) in [5, 5.41) is 24.6. The van der Waals surface area contributed by atoms with Crippen LogP contribution in [0.4, 0.5) is 10.5 Å². The molecule has 1 aromatic carbocycles. The smallest absolute Gasteiger partial charge is 0.405 e. The molecule has 0 saturated carbocycles. The molecule has 5 N–H and O–H groups in total. The normalized spacial score (nSPS) is 30.3. The van der Waals surface area contributed by atoms with Gasteiger partial charge in [0.1, 0.15) is 0 Å². The van der Waals surface area contributed by atoms with Crippen LogP contribution in [0.1, 0.15) is 52.5 Å². The number of allylic oxidation sites excluding steroid dienone is 1. The molecule has 0 spiro atoms. The van der Waals surface area contributed by atoms with Gasteiger partial charge in [-0.05, 0) is 57.1 Å². The molecule has 1 aliphatic rings. The third-order valence-corrected chi connectivity index (χ3v) is 7.15. The van der Waals surface area contributed by atoms with E-state index in [0.717, 1.165) is 5.56 Å². The maximum atomic E-state index is 12.9. The molecule has 2 amide bonds. The highest BCUT2D eigenvalue weighted by molar-refractivity contribution is 6.03. The van der Waals surface area contributed by atoms with Gasteiger partial charge in [0.05, 0.1) is 25.4 Å². The minimum atomic E-state index is -0.934. The number of phenolic OH excluding ortho intramolecular Hbond substituents is 1. The first-order chi connectivity index (χ1) is 18.4. The Balaban J connectivity index is 2.53. The predicted molar refractivity (Wildman–Crippen MR) is 149 cm³/mol. The molecular formula is C29H44N2O8. The van der Waals surface area contributed by atoms with E-state index in [1.54, 1.807) is 33.1 Å². The van der Waals surface area contributed by atoms with Crippen LogP contribution in [0.3, 0.4) is 0 Å². The Bertz CT molecular complexity index is 1050. The van der Waals surface area contributed by atoms with E-state index in [2.05, 4.69) is 5.32 Å². The van der Waals surface area contributed by atoms with Crippen molar-refractivity contribution < 1.29 is 38.7 Å². The van der Waals surface area contributed by atoms with E-state index >= 15 is 0 Å². The van der Waals surface area contributed by atoms with E-state index in [-0.39, 0.29) is 23.5 Å². The third kappa shape index (κ3) is 8.98. The van der Waals surface area contributed by atoms with E-state index < -0.39 is 30.5 Å². The van der Waals surface area contributed by atoms with Crippen LogP contribution in [0.2, 0.25) is 0 Å². The van der Waals surface area contributed by atoms with Crippen LogP contribution in [-0.4, -0.2) is 68.0 Å². The van der Waals surface area contributed by atoms with Crippen LogP contribution in [0.25, 0.3) is 0 Å². The summed E-state index contributed by atoms with van der Waals surface area (Å²) >= 11 is 0. The van der Waals surface area contributed by atoms with Crippen molar-refractivity contribution in [2.75, 3.05) is 26.6 Å². The summed E-state index contributed by atoms with van der Waals surface area (Å²) in [4.78, 5) is 24.6. The first-order valence-corrected chi connectivity index (χ1v) is 13.2. The van der Waals surface area contributed by atoms with Gasteiger partial charge in [0.2, 0.25) is 0 Å². The monoisotopic (exact) mass is 548 g/mol. The van der Waals surface area contributed by atoms with Crippen molar-refractivity contribution in [3.05, 3.63) is 41.0 Å². The number of hydrogen-bond donors (Lipinski definition) is 4. The number of primary amides is 1. The summed E-state index contributed by atoms with van der Waals surface area (Å²) in [5.41, 5.74) is 7.69. The molecular weight excluding hydrogens is 504 g/mol. The number of amides is 2. The van der Waals surface area contributed by atoms with Gasteiger partial charge in [0, 0.05) is 43.0 Å². The van der Waals surface area contributed by atoms with Crippen molar-refractivity contribution in [3.63, 3.8) is 0 Å². The van der Waals surface area contributed by atoms with Crippen molar-refractivity contribution in [2.24, 2.45) is 17.6 Å². The molecule has 1 aromatic rings. The zero-order valence-electron chi connectivity index (χ0n) is 24.0. The Morgan fingerprint density at radius 2 is 1.77 bits per heavy atom. The molecule has 10 nitrogen and oxygen atoms in total. The first-order valence-electron chi connectivity index (χ1n) is 13.2. The zero-order valence-corrected chi connectivity index (χ0v) is 24.0. The topological polar surface area (TPSA) is 150 Å². The number of rotatable bonds is 4. The molecule has 218 valence electrons. The second-order valence-electron chi connectivity index (χ2n) is 10.3. The highest BCUT2D eigenvalue weighted by atomic mass is 16.6. The quantitative estimate of drug-likeness (QED) is 0.411. The number of carbonyl (C=O) groups is 2. The summed E-state index contributed by atoms with van der Waals surface area (Å²) in [5.74, 6) is -0.375. The fraction of sp³-hybridized carbons (Fsp3) is 0.586. The molecule has 1 heterocycles. The summed E-state index contributed by atoms with van der Waals surface area (Å²) in [6, 6.07) is 3.24. The van der Waals surface area contributed by atoms with E-state index in [4.69, 9.17) is 24.7 Å². The van der Waals surface area contributed by atoms with Crippen LogP contribution in [-0.2, 0) is 25.4 Å². The van der Waals surface area contributed by atoms with Crippen molar-refractivity contribution in [3.8, 4) is 11.5 Å². The van der Waals surface area contributed by atoms with Crippen LogP contribution >= 0.6 is 0 Å². The van der Waals surface area contributed by atoms with Crippen LogP contribution in [0.5, 0.6) is 11.5 Å². The molecule has 39 heavy (non-hydrogen) atoms. The van der Waals surface area contributed by atoms with Gasteiger partial charge < -0.3 is 40.2 Å². The molecule has 6 atom stereocenters. The number of phenols is 1.